The van der Waals surface area contributed by atoms with Gasteiger partial charge in [-0.2, -0.15) is 0 Å². The van der Waals surface area contributed by atoms with E-state index in [0.29, 0.717) is 0 Å². The highest BCUT2D eigenvalue weighted by Crippen LogP contribution is 2.14. The zero-order valence-electron chi connectivity index (χ0n) is 11.9. The average Bonchev–Trinajstić information content (AvgIpc) is 2.37. The van der Waals surface area contributed by atoms with E-state index in [0.717, 1.165) is 45.0 Å². The Morgan fingerprint density at radius 2 is 2.11 bits per heavy atom. The lowest BCUT2D eigenvalue weighted by Gasteiger charge is -2.17. The predicted octanol–water partition coefficient (Wildman–Crippen LogP) is 2.52. The van der Waals surface area contributed by atoms with Crippen LogP contribution in [0.2, 0.25) is 0 Å². The number of rotatable bonds is 9. The van der Waals surface area contributed by atoms with Gasteiger partial charge >= 0.3 is 0 Å². The molecule has 0 unspecified atom stereocenters. The Balaban J connectivity index is 2.40. The first-order chi connectivity index (χ1) is 8.76. The van der Waals surface area contributed by atoms with Crippen LogP contribution in [0.1, 0.15) is 25.8 Å². The minimum atomic E-state index is 0.791. The molecule has 3 nitrogen and oxygen atoms in total. The maximum atomic E-state index is 5.65. The molecule has 1 N–H and O–H groups in total. The molecule has 0 amide bonds. The van der Waals surface area contributed by atoms with Crippen LogP contribution in [0, 0.1) is 0 Å². The van der Waals surface area contributed by atoms with Crippen LogP contribution in [-0.4, -0.2) is 38.2 Å². The van der Waals surface area contributed by atoms with Gasteiger partial charge in [0.05, 0.1) is 6.61 Å². The summed E-state index contributed by atoms with van der Waals surface area (Å²) in [6.07, 6.45) is 1.05. The summed E-state index contributed by atoms with van der Waals surface area (Å²) in [4.78, 5) is 2.32. The number of nitrogens with zero attached hydrogens (tertiary/aromatic N) is 1. The number of likely N-dealkylation sites (N-methyl/N-ethyl adjacent to an activating group) is 2. The fraction of sp³-hybridized carbons (Fsp3) is 0.600. The van der Waals surface area contributed by atoms with Gasteiger partial charge in [-0.3, -0.25) is 0 Å². The van der Waals surface area contributed by atoms with Crippen LogP contribution in [0.5, 0.6) is 5.75 Å². The molecule has 0 bridgehead atoms. The number of hydrogen-bond donors (Lipinski definition) is 1. The van der Waals surface area contributed by atoms with Gasteiger partial charge in [0.2, 0.25) is 0 Å². The molecule has 0 aromatic heterocycles. The van der Waals surface area contributed by atoms with E-state index in [4.69, 9.17) is 4.74 Å². The van der Waals surface area contributed by atoms with Crippen molar-refractivity contribution in [3.05, 3.63) is 29.8 Å². The highest BCUT2D eigenvalue weighted by molar-refractivity contribution is 5.28. The summed E-state index contributed by atoms with van der Waals surface area (Å²) in [6, 6.07) is 8.39. The van der Waals surface area contributed by atoms with Crippen LogP contribution in [-0.2, 0) is 6.54 Å². The quantitative estimate of drug-likeness (QED) is 0.682. The second-order valence-electron chi connectivity index (χ2n) is 4.59. The molecule has 0 aliphatic rings. The Morgan fingerprint density at radius 3 is 2.83 bits per heavy atom. The Kier molecular flexibility index (Phi) is 7.46. The zero-order chi connectivity index (χ0) is 13.2. The Hall–Kier alpha value is -1.06. The van der Waals surface area contributed by atoms with Crippen molar-refractivity contribution < 1.29 is 4.74 Å². The van der Waals surface area contributed by atoms with Crippen LogP contribution in [0.15, 0.2) is 24.3 Å². The average molecular weight is 250 g/mol. The summed E-state index contributed by atoms with van der Waals surface area (Å²) in [5.41, 5.74) is 1.31. The molecular weight excluding hydrogens is 224 g/mol. The van der Waals surface area contributed by atoms with E-state index in [9.17, 15) is 0 Å². The molecular formula is C15H26N2O. The molecule has 0 atom stereocenters. The summed E-state index contributed by atoms with van der Waals surface area (Å²) in [6.45, 7) is 9.16. The highest BCUT2D eigenvalue weighted by atomic mass is 16.5. The summed E-state index contributed by atoms with van der Waals surface area (Å²) < 4.78 is 5.65. The van der Waals surface area contributed by atoms with Crippen molar-refractivity contribution in [2.75, 3.05) is 33.3 Å². The Morgan fingerprint density at radius 1 is 1.28 bits per heavy atom. The summed E-state index contributed by atoms with van der Waals surface area (Å²) in [5, 5.41) is 3.34. The van der Waals surface area contributed by atoms with Gasteiger partial charge in [0.1, 0.15) is 5.75 Å². The van der Waals surface area contributed by atoms with Gasteiger partial charge < -0.3 is 15.0 Å². The third-order valence-electron chi connectivity index (χ3n) is 2.74. The van der Waals surface area contributed by atoms with Crippen LogP contribution >= 0.6 is 0 Å². The number of benzene rings is 1. The van der Waals surface area contributed by atoms with E-state index in [2.05, 4.69) is 49.3 Å². The van der Waals surface area contributed by atoms with Crippen LogP contribution < -0.4 is 10.1 Å². The molecule has 0 aliphatic carbocycles. The van der Waals surface area contributed by atoms with E-state index >= 15 is 0 Å². The van der Waals surface area contributed by atoms with E-state index in [1.54, 1.807) is 0 Å². The minimum absolute atomic E-state index is 0.791. The van der Waals surface area contributed by atoms with Crippen molar-refractivity contribution in [1.29, 1.82) is 0 Å². The minimum Gasteiger partial charge on any atom is -0.494 e. The lowest BCUT2D eigenvalue weighted by Crippen LogP contribution is -2.28. The normalized spacial score (nSPS) is 10.9. The van der Waals surface area contributed by atoms with Gasteiger partial charge in [-0.05, 0) is 37.7 Å². The Labute approximate surface area is 111 Å². The van der Waals surface area contributed by atoms with Gasteiger partial charge in [-0.25, -0.2) is 0 Å². The maximum Gasteiger partial charge on any atom is 0.119 e. The lowest BCUT2D eigenvalue weighted by molar-refractivity contribution is 0.311. The highest BCUT2D eigenvalue weighted by Gasteiger charge is 2.01. The summed E-state index contributed by atoms with van der Waals surface area (Å²) >= 11 is 0. The molecule has 0 saturated carbocycles. The first-order valence-electron chi connectivity index (χ1n) is 6.87. The third kappa shape index (κ3) is 6.03. The molecule has 0 radical (unpaired) electrons. The molecule has 1 aromatic carbocycles. The van der Waals surface area contributed by atoms with Crippen molar-refractivity contribution in [3.63, 3.8) is 0 Å². The number of nitrogens with one attached hydrogen (secondary N) is 1. The molecule has 1 aromatic rings. The van der Waals surface area contributed by atoms with Gasteiger partial charge in [0.25, 0.3) is 0 Å². The molecule has 0 saturated heterocycles. The van der Waals surface area contributed by atoms with Crippen molar-refractivity contribution in [2.24, 2.45) is 0 Å². The largest absolute Gasteiger partial charge is 0.494 e. The second kappa shape index (κ2) is 8.95. The van der Waals surface area contributed by atoms with E-state index in [-0.39, 0.29) is 0 Å². The van der Waals surface area contributed by atoms with Crippen molar-refractivity contribution in [2.45, 2.75) is 26.8 Å². The SMILES string of the molecule is CCCOc1cccc(CN(C)CCNCC)c1. The van der Waals surface area contributed by atoms with Crippen LogP contribution in [0.25, 0.3) is 0 Å². The zero-order valence-corrected chi connectivity index (χ0v) is 11.9. The van der Waals surface area contributed by atoms with Gasteiger partial charge in [0, 0.05) is 19.6 Å². The summed E-state index contributed by atoms with van der Waals surface area (Å²) in [5.74, 6) is 0.981. The fourth-order valence-corrected chi connectivity index (χ4v) is 1.79. The monoisotopic (exact) mass is 250 g/mol. The van der Waals surface area contributed by atoms with Crippen molar-refractivity contribution >= 4 is 0 Å². The number of hydrogen-bond acceptors (Lipinski definition) is 3. The van der Waals surface area contributed by atoms with Crippen molar-refractivity contribution in [3.8, 4) is 5.75 Å². The van der Waals surface area contributed by atoms with Crippen molar-refractivity contribution in [1.82, 2.24) is 10.2 Å². The van der Waals surface area contributed by atoms with Gasteiger partial charge in [-0.1, -0.05) is 26.0 Å². The third-order valence-corrected chi connectivity index (χ3v) is 2.74. The molecule has 18 heavy (non-hydrogen) atoms. The Bertz CT molecular complexity index is 328. The van der Waals surface area contributed by atoms with Gasteiger partial charge in [0.15, 0.2) is 0 Å². The standard InChI is InChI=1S/C15H26N2O/c1-4-11-18-15-8-6-7-14(12-15)13-17(3)10-9-16-5-2/h6-8,12,16H,4-5,9-11,13H2,1-3H3. The van der Waals surface area contributed by atoms with E-state index in [1.807, 2.05) is 6.07 Å². The maximum absolute atomic E-state index is 5.65. The topological polar surface area (TPSA) is 24.5 Å². The predicted molar refractivity (Wildman–Crippen MR) is 77.1 cm³/mol. The summed E-state index contributed by atoms with van der Waals surface area (Å²) in [7, 11) is 2.15. The molecule has 1 rings (SSSR count). The first kappa shape index (κ1) is 15.0. The molecule has 102 valence electrons. The molecule has 0 spiro atoms. The molecule has 3 heteroatoms. The van der Waals surface area contributed by atoms with Gasteiger partial charge in [-0.15, -0.1) is 0 Å². The van der Waals surface area contributed by atoms with Crippen LogP contribution in [0.4, 0.5) is 0 Å². The number of ether oxygens (including phenoxy) is 1. The fourth-order valence-electron chi connectivity index (χ4n) is 1.79. The molecule has 0 aliphatic heterocycles. The van der Waals surface area contributed by atoms with E-state index in [1.165, 1.54) is 5.56 Å². The second-order valence-corrected chi connectivity index (χ2v) is 4.59. The first-order valence-corrected chi connectivity index (χ1v) is 6.87. The van der Waals surface area contributed by atoms with Crippen LogP contribution in [0.3, 0.4) is 0 Å². The lowest BCUT2D eigenvalue weighted by atomic mass is 10.2. The molecule has 0 heterocycles. The van der Waals surface area contributed by atoms with E-state index < -0.39 is 0 Å². The smallest absolute Gasteiger partial charge is 0.119 e. The molecule has 0 fully saturated rings.